The second-order valence-corrected chi connectivity index (χ2v) is 6.82. The molecule has 0 aliphatic rings. The van der Waals surface area contributed by atoms with E-state index in [2.05, 4.69) is 5.10 Å². The van der Waals surface area contributed by atoms with Gasteiger partial charge in [-0.3, -0.25) is 4.79 Å². The zero-order chi connectivity index (χ0) is 22.0. The van der Waals surface area contributed by atoms with Gasteiger partial charge in [0.25, 0.3) is 0 Å². The molecule has 0 bridgehead atoms. The van der Waals surface area contributed by atoms with E-state index in [4.69, 9.17) is 4.42 Å². The lowest BCUT2D eigenvalue weighted by Crippen LogP contribution is -2.12. The van der Waals surface area contributed by atoms with Crippen LogP contribution in [-0.2, 0) is 0 Å². The van der Waals surface area contributed by atoms with E-state index in [1.807, 2.05) is 30.3 Å². The lowest BCUT2D eigenvalue weighted by molar-refractivity contribution is 0.104. The maximum absolute atomic E-state index is 13.4. The number of para-hydroxylation sites is 1. The molecule has 31 heavy (non-hydrogen) atoms. The first-order chi connectivity index (χ1) is 14.9. The van der Waals surface area contributed by atoms with E-state index < -0.39 is 22.7 Å². The van der Waals surface area contributed by atoms with Crippen molar-refractivity contribution in [3.05, 3.63) is 106 Å². The lowest BCUT2D eigenvalue weighted by Gasteiger charge is -2.01. The highest BCUT2D eigenvalue weighted by Crippen LogP contribution is 2.25. The van der Waals surface area contributed by atoms with Crippen LogP contribution < -0.4 is 5.63 Å². The first-order valence-electron chi connectivity index (χ1n) is 9.39. The molecule has 6 nitrogen and oxygen atoms in total. The summed E-state index contributed by atoms with van der Waals surface area (Å²) in [4.78, 5) is 24.5. The zero-order valence-electron chi connectivity index (χ0n) is 16.4. The van der Waals surface area contributed by atoms with Gasteiger partial charge in [0, 0.05) is 23.4 Å². The minimum atomic E-state index is -0.911. The summed E-state index contributed by atoms with van der Waals surface area (Å²) in [5.41, 5.74) is 1.19. The molecule has 2 aromatic heterocycles. The summed E-state index contributed by atoms with van der Waals surface area (Å²) in [6.07, 6.45) is 4.38. The van der Waals surface area contributed by atoms with Crippen LogP contribution in [0.15, 0.2) is 82.1 Å². The number of carbonyl (C=O) groups is 1. The lowest BCUT2D eigenvalue weighted by atomic mass is 10.1. The van der Waals surface area contributed by atoms with Crippen LogP contribution in [0.4, 0.5) is 4.39 Å². The molecule has 7 heteroatoms. The summed E-state index contributed by atoms with van der Waals surface area (Å²) in [6, 6.07) is 16.4. The van der Waals surface area contributed by atoms with E-state index in [9.17, 15) is 19.1 Å². The van der Waals surface area contributed by atoms with Crippen molar-refractivity contribution >= 4 is 11.9 Å². The topological polar surface area (TPSA) is 85.3 Å². The zero-order valence-corrected chi connectivity index (χ0v) is 16.4. The maximum atomic E-state index is 13.4. The first-order valence-corrected chi connectivity index (χ1v) is 9.39. The SMILES string of the molecule is Cc1cc(O)c(C(=O)C=Cc2cn(-c3ccccc3)nc2-c2ccc(F)cc2)c(=O)o1. The molecule has 0 saturated heterocycles. The van der Waals surface area contributed by atoms with Crippen LogP contribution in [0.25, 0.3) is 23.0 Å². The van der Waals surface area contributed by atoms with Gasteiger partial charge in [0.2, 0.25) is 0 Å². The number of ketones is 1. The van der Waals surface area contributed by atoms with Crippen molar-refractivity contribution in [2.45, 2.75) is 6.92 Å². The summed E-state index contributed by atoms with van der Waals surface area (Å²) in [7, 11) is 0. The van der Waals surface area contributed by atoms with Crippen LogP contribution in [0.5, 0.6) is 5.75 Å². The van der Waals surface area contributed by atoms with Crippen molar-refractivity contribution in [1.29, 1.82) is 0 Å². The highest BCUT2D eigenvalue weighted by molar-refractivity contribution is 6.08. The largest absolute Gasteiger partial charge is 0.507 e. The number of rotatable bonds is 5. The number of benzene rings is 2. The standard InChI is InChI=1S/C24H17FN2O4/c1-15-13-21(29)22(24(30)31-15)20(28)12-9-17-14-27(19-5-3-2-4-6-19)26-23(17)16-7-10-18(25)11-8-16/h2-14,29H,1H3. The summed E-state index contributed by atoms with van der Waals surface area (Å²) < 4.78 is 19.9. The van der Waals surface area contributed by atoms with Gasteiger partial charge in [-0.15, -0.1) is 0 Å². The number of hydrogen-bond donors (Lipinski definition) is 1. The van der Waals surface area contributed by atoms with Crippen LogP contribution >= 0.6 is 0 Å². The molecular weight excluding hydrogens is 399 g/mol. The van der Waals surface area contributed by atoms with E-state index in [1.54, 1.807) is 23.0 Å². The van der Waals surface area contributed by atoms with E-state index in [0.717, 1.165) is 5.69 Å². The molecule has 0 amide bonds. The number of aromatic hydroxyl groups is 1. The van der Waals surface area contributed by atoms with E-state index in [1.165, 1.54) is 37.3 Å². The average Bonchev–Trinajstić information content (AvgIpc) is 3.17. The second-order valence-electron chi connectivity index (χ2n) is 6.82. The van der Waals surface area contributed by atoms with Crippen LogP contribution in [-0.4, -0.2) is 20.7 Å². The number of allylic oxidation sites excluding steroid dienone is 1. The third-order valence-electron chi connectivity index (χ3n) is 4.60. The van der Waals surface area contributed by atoms with Crippen LogP contribution in [0.1, 0.15) is 21.7 Å². The predicted molar refractivity (Wildman–Crippen MR) is 114 cm³/mol. The third kappa shape index (κ3) is 4.20. The Morgan fingerprint density at radius 3 is 2.52 bits per heavy atom. The normalized spacial score (nSPS) is 11.2. The molecule has 0 spiro atoms. The Labute approximate surface area is 176 Å². The Hall–Kier alpha value is -4.26. The molecule has 4 rings (SSSR count). The quantitative estimate of drug-likeness (QED) is 0.381. The predicted octanol–water partition coefficient (Wildman–Crippen LogP) is 4.54. The van der Waals surface area contributed by atoms with Crippen LogP contribution in [0.3, 0.4) is 0 Å². The monoisotopic (exact) mass is 416 g/mol. The first kappa shape index (κ1) is 20.0. The Morgan fingerprint density at radius 2 is 1.84 bits per heavy atom. The minimum absolute atomic E-state index is 0.200. The fraction of sp³-hybridized carbons (Fsp3) is 0.0417. The fourth-order valence-corrected chi connectivity index (χ4v) is 3.13. The minimum Gasteiger partial charge on any atom is -0.507 e. The molecular formula is C24H17FN2O4. The van der Waals surface area contributed by atoms with Crippen LogP contribution in [0.2, 0.25) is 0 Å². The van der Waals surface area contributed by atoms with Crippen molar-refractivity contribution < 1.29 is 18.7 Å². The van der Waals surface area contributed by atoms with Gasteiger partial charge >= 0.3 is 5.63 Å². The Bertz CT molecular complexity index is 1340. The second kappa shape index (κ2) is 8.23. The van der Waals surface area contributed by atoms with Gasteiger partial charge in [-0.1, -0.05) is 18.2 Å². The number of halogens is 1. The maximum Gasteiger partial charge on any atom is 0.351 e. The fourth-order valence-electron chi connectivity index (χ4n) is 3.13. The van der Waals surface area contributed by atoms with Gasteiger partial charge in [0.05, 0.1) is 11.4 Å². The van der Waals surface area contributed by atoms with E-state index >= 15 is 0 Å². The van der Waals surface area contributed by atoms with Crippen molar-refractivity contribution in [2.24, 2.45) is 0 Å². The number of carbonyl (C=O) groups excluding carboxylic acids is 1. The highest BCUT2D eigenvalue weighted by Gasteiger charge is 2.17. The summed E-state index contributed by atoms with van der Waals surface area (Å²) in [5.74, 6) is -1.32. The molecule has 4 aromatic rings. The summed E-state index contributed by atoms with van der Waals surface area (Å²) >= 11 is 0. The Morgan fingerprint density at radius 1 is 1.13 bits per heavy atom. The van der Waals surface area contributed by atoms with Crippen LogP contribution in [0, 0.1) is 12.7 Å². The number of aromatic nitrogens is 2. The van der Waals surface area contributed by atoms with Gasteiger partial charge in [0.15, 0.2) is 5.78 Å². The van der Waals surface area contributed by atoms with Crippen molar-refractivity contribution in [3.8, 4) is 22.7 Å². The van der Waals surface area contributed by atoms with E-state index in [0.29, 0.717) is 16.8 Å². The molecule has 0 atom stereocenters. The number of nitrogens with zero attached hydrogens (tertiary/aromatic N) is 2. The molecule has 0 radical (unpaired) electrons. The smallest absolute Gasteiger partial charge is 0.351 e. The highest BCUT2D eigenvalue weighted by atomic mass is 19.1. The van der Waals surface area contributed by atoms with Crippen molar-refractivity contribution in [1.82, 2.24) is 9.78 Å². The number of aryl methyl sites for hydroxylation is 1. The molecule has 0 saturated carbocycles. The molecule has 2 aromatic carbocycles. The molecule has 2 heterocycles. The summed E-state index contributed by atoms with van der Waals surface area (Å²) in [5, 5.41) is 14.6. The molecule has 0 unspecified atom stereocenters. The van der Waals surface area contributed by atoms with Crippen molar-refractivity contribution in [2.75, 3.05) is 0 Å². The Kier molecular flexibility index (Phi) is 5.32. The molecule has 0 aliphatic heterocycles. The Balaban J connectivity index is 1.76. The molecule has 0 aliphatic carbocycles. The molecule has 1 N–H and O–H groups in total. The van der Waals surface area contributed by atoms with Crippen molar-refractivity contribution in [3.63, 3.8) is 0 Å². The summed E-state index contributed by atoms with van der Waals surface area (Å²) in [6.45, 7) is 1.50. The number of hydrogen-bond acceptors (Lipinski definition) is 5. The third-order valence-corrected chi connectivity index (χ3v) is 4.60. The molecule has 154 valence electrons. The average molecular weight is 416 g/mol. The van der Waals surface area contributed by atoms with Gasteiger partial charge in [-0.25, -0.2) is 13.9 Å². The van der Waals surface area contributed by atoms with Gasteiger partial charge in [0.1, 0.15) is 22.9 Å². The van der Waals surface area contributed by atoms with Gasteiger partial charge in [-0.2, -0.15) is 5.10 Å². The van der Waals surface area contributed by atoms with E-state index in [-0.39, 0.29) is 11.6 Å². The van der Waals surface area contributed by atoms with Gasteiger partial charge < -0.3 is 9.52 Å². The van der Waals surface area contributed by atoms with Gasteiger partial charge in [-0.05, 0) is 55.5 Å². The molecule has 0 fully saturated rings.